The summed E-state index contributed by atoms with van der Waals surface area (Å²) in [6.45, 7) is 2.30. The number of likely N-dealkylation sites (tertiary alicyclic amines) is 1. The number of benzene rings is 1. The maximum Gasteiger partial charge on any atom is 0.259 e. The fourth-order valence-electron chi connectivity index (χ4n) is 4.13. The van der Waals surface area contributed by atoms with Crippen molar-refractivity contribution in [3.05, 3.63) is 53.8 Å². The first-order chi connectivity index (χ1) is 17.0. The molecule has 182 valence electrons. The first-order valence-corrected chi connectivity index (χ1v) is 11.7. The van der Waals surface area contributed by atoms with E-state index in [0.29, 0.717) is 68.8 Å². The molecule has 0 bridgehead atoms. The van der Waals surface area contributed by atoms with Gasteiger partial charge >= 0.3 is 0 Å². The van der Waals surface area contributed by atoms with Crippen LogP contribution < -0.4 is 11.1 Å². The van der Waals surface area contributed by atoms with Crippen molar-refractivity contribution in [1.82, 2.24) is 29.5 Å². The Morgan fingerprint density at radius 3 is 2.63 bits per heavy atom. The number of nitrogens with one attached hydrogen (secondary N) is 1. The molecule has 0 unspecified atom stereocenters. The number of ketones is 1. The maximum atomic E-state index is 13.3. The molecule has 1 aromatic carbocycles. The van der Waals surface area contributed by atoms with Crippen LogP contribution in [-0.2, 0) is 17.6 Å². The van der Waals surface area contributed by atoms with Gasteiger partial charge in [-0.3, -0.25) is 9.69 Å². The molecule has 0 amide bonds. The quantitative estimate of drug-likeness (QED) is 0.373. The van der Waals surface area contributed by atoms with E-state index in [0.717, 1.165) is 17.5 Å². The Morgan fingerprint density at radius 1 is 1.11 bits per heavy atom. The number of carbonyl (C=O) groups is 1. The Morgan fingerprint density at radius 2 is 1.89 bits per heavy atom. The van der Waals surface area contributed by atoms with Crippen LogP contribution in [-0.4, -0.2) is 67.6 Å². The van der Waals surface area contributed by atoms with Gasteiger partial charge in [0.1, 0.15) is 6.17 Å². The van der Waals surface area contributed by atoms with Gasteiger partial charge in [0.05, 0.1) is 12.8 Å². The van der Waals surface area contributed by atoms with Crippen molar-refractivity contribution in [3.63, 3.8) is 0 Å². The van der Waals surface area contributed by atoms with Crippen LogP contribution in [0.25, 0.3) is 17.4 Å². The van der Waals surface area contributed by atoms with Crippen molar-refractivity contribution in [2.24, 2.45) is 0 Å². The van der Waals surface area contributed by atoms with Crippen molar-refractivity contribution in [1.29, 1.82) is 0 Å². The SMILES string of the molecule is Nc1nc(NCCc2ccc(CC(=O)CN3CCC(F)CC3)cc2)nc2nc(-c3ccco3)nn12. The van der Waals surface area contributed by atoms with Crippen molar-refractivity contribution in [2.45, 2.75) is 31.9 Å². The minimum atomic E-state index is -0.724. The number of aromatic nitrogens is 5. The first-order valence-electron chi connectivity index (χ1n) is 11.7. The molecule has 0 aliphatic carbocycles. The predicted octanol–water partition coefficient (Wildman–Crippen LogP) is 2.56. The molecule has 0 saturated carbocycles. The largest absolute Gasteiger partial charge is 0.461 e. The van der Waals surface area contributed by atoms with Crippen molar-refractivity contribution < 1.29 is 13.6 Å². The van der Waals surface area contributed by atoms with Gasteiger partial charge in [-0.15, -0.1) is 5.10 Å². The van der Waals surface area contributed by atoms with Gasteiger partial charge in [0.2, 0.25) is 17.7 Å². The molecule has 1 aliphatic heterocycles. The summed E-state index contributed by atoms with van der Waals surface area (Å²) in [5.74, 6) is 1.94. The number of nitrogen functional groups attached to an aromatic ring is 1. The molecular weight excluding hydrogens is 451 g/mol. The Labute approximate surface area is 201 Å². The van der Waals surface area contributed by atoms with Crippen LogP contribution in [0.2, 0.25) is 0 Å². The van der Waals surface area contributed by atoms with E-state index < -0.39 is 6.17 Å². The number of fused-ring (bicyclic) bond motifs is 1. The highest BCUT2D eigenvalue weighted by Crippen LogP contribution is 2.18. The van der Waals surface area contributed by atoms with E-state index >= 15 is 0 Å². The average molecular weight is 479 g/mol. The van der Waals surface area contributed by atoms with E-state index in [4.69, 9.17) is 10.2 Å². The second-order valence-electron chi connectivity index (χ2n) is 8.69. The lowest BCUT2D eigenvalue weighted by atomic mass is 10.0. The molecule has 3 N–H and O–H groups in total. The summed E-state index contributed by atoms with van der Waals surface area (Å²) in [5, 5.41) is 7.45. The summed E-state index contributed by atoms with van der Waals surface area (Å²) >= 11 is 0. The highest BCUT2D eigenvalue weighted by atomic mass is 19.1. The van der Waals surface area contributed by atoms with Gasteiger partial charge in [-0.2, -0.15) is 19.5 Å². The van der Waals surface area contributed by atoms with Crippen LogP contribution in [0, 0.1) is 0 Å². The van der Waals surface area contributed by atoms with Gasteiger partial charge < -0.3 is 15.5 Å². The van der Waals surface area contributed by atoms with Gasteiger partial charge in [0.15, 0.2) is 11.5 Å². The van der Waals surface area contributed by atoms with Gasteiger partial charge in [-0.05, 0) is 42.5 Å². The normalized spacial score (nSPS) is 15.0. The lowest BCUT2D eigenvalue weighted by Gasteiger charge is -2.27. The van der Waals surface area contributed by atoms with Crippen LogP contribution in [0.4, 0.5) is 16.3 Å². The van der Waals surface area contributed by atoms with E-state index in [1.807, 2.05) is 29.2 Å². The Hall–Kier alpha value is -3.86. The summed E-state index contributed by atoms with van der Waals surface area (Å²) in [7, 11) is 0. The summed E-state index contributed by atoms with van der Waals surface area (Å²) < 4.78 is 19.9. The van der Waals surface area contributed by atoms with E-state index in [-0.39, 0.29) is 11.7 Å². The zero-order chi connectivity index (χ0) is 24.2. The van der Waals surface area contributed by atoms with E-state index in [9.17, 15) is 9.18 Å². The highest BCUT2D eigenvalue weighted by Gasteiger charge is 2.20. The van der Waals surface area contributed by atoms with E-state index in [1.165, 1.54) is 4.52 Å². The van der Waals surface area contributed by atoms with Crippen LogP contribution in [0.5, 0.6) is 0 Å². The van der Waals surface area contributed by atoms with Crippen molar-refractivity contribution >= 4 is 23.5 Å². The van der Waals surface area contributed by atoms with Gasteiger partial charge in [0.25, 0.3) is 5.78 Å². The fraction of sp³-hybridized carbons (Fsp3) is 0.375. The highest BCUT2D eigenvalue weighted by molar-refractivity contribution is 5.82. The molecule has 4 heterocycles. The molecule has 5 rings (SSSR count). The van der Waals surface area contributed by atoms with E-state index in [1.54, 1.807) is 18.4 Å². The lowest BCUT2D eigenvalue weighted by Crippen LogP contribution is -2.38. The second-order valence-corrected chi connectivity index (χ2v) is 8.69. The van der Waals surface area contributed by atoms with Crippen LogP contribution in [0.3, 0.4) is 0 Å². The summed E-state index contributed by atoms with van der Waals surface area (Å²) in [5.41, 5.74) is 8.12. The molecule has 0 spiro atoms. The van der Waals surface area contributed by atoms with E-state index in [2.05, 4.69) is 25.4 Å². The number of nitrogens with zero attached hydrogens (tertiary/aromatic N) is 6. The Kier molecular flexibility index (Phi) is 6.66. The van der Waals surface area contributed by atoms with Crippen LogP contribution in [0.15, 0.2) is 47.1 Å². The Balaban J connectivity index is 1.12. The first kappa shape index (κ1) is 22.9. The summed E-state index contributed by atoms with van der Waals surface area (Å²) in [6, 6.07) is 11.5. The monoisotopic (exact) mass is 478 g/mol. The third-order valence-corrected chi connectivity index (χ3v) is 6.01. The zero-order valence-corrected chi connectivity index (χ0v) is 19.2. The average Bonchev–Trinajstić information content (AvgIpc) is 3.52. The topological polar surface area (TPSA) is 127 Å². The minimum absolute atomic E-state index is 0.158. The smallest absolute Gasteiger partial charge is 0.259 e. The molecule has 4 aromatic rings. The molecule has 11 heteroatoms. The Bertz CT molecular complexity index is 1280. The number of furan rings is 1. The fourth-order valence-corrected chi connectivity index (χ4v) is 4.13. The molecule has 35 heavy (non-hydrogen) atoms. The van der Waals surface area contributed by atoms with Gasteiger partial charge in [0, 0.05) is 26.1 Å². The van der Waals surface area contributed by atoms with Crippen LogP contribution >= 0.6 is 0 Å². The number of alkyl halides is 1. The minimum Gasteiger partial charge on any atom is -0.461 e. The standard InChI is InChI=1S/C24H27FN8O2/c25-18-8-11-32(12-9-18)15-19(34)14-17-5-3-16(4-6-17)7-10-27-23-29-22(26)33-24(30-23)28-21(31-33)20-2-1-13-35-20/h1-6,13,18H,7-12,14-15H2,(H3,26,27,28,29,30,31). The molecule has 10 nitrogen and oxygen atoms in total. The van der Waals surface area contributed by atoms with Crippen LogP contribution in [0.1, 0.15) is 24.0 Å². The third kappa shape index (κ3) is 5.62. The maximum absolute atomic E-state index is 13.3. The number of hydrogen-bond donors (Lipinski definition) is 2. The number of piperidine rings is 1. The molecule has 0 radical (unpaired) electrons. The molecule has 1 aliphatic rings. The van der Waals surface area contributed by atoms with Gasteiger partial charge in [-0.25, -0.2) is 4.39 Å². The van der Waals surface area contributed by atoms with Gasteiger partial charge in [-0.1, -0.05) is 24.3 Å². The number of Topliss-reactive ketones (excluding diaryl/α,β-unsaturated/α-hetero) is 1. The van der Waals surface area contributed by atoms with Crippen molar-refractivity contribution in [3.8, 4) is 11.6 Å². The lowest BCUT2D eigenvalue weighted by molar-refractivity contribution is -0.119. The summed E-state index contributed by atoms with van der Waals surface area (Å²) in [6.07, 6.45) is 2.99. The molecule has 1 fully saturated rings. The van der Waals surface area contributed by atoms with Crippen molar-refractivity contribution in [2.75, 3.05) is 37.2 Å². The number of halogens is 1. The molecule has 1 saturated heterocycles. The molecule has 3 aromatic heterocycles. The number of rotatable bonds is 9. The predicted molar refractivity (Wildman–Crippen MR) is 129 cm³/mol. The molecular formula is C24H27FN8O2. The second kappa shape index (κ2) is 10.2. The number of anilines is 2. The zero-order valence-electron chi connectivity index (χ0n) is 19.2. The number of nitrogens with two attached hydrogens (primary N) is 1. The molecule has 0 atom stereocenters. The third-order valence-electron chi connectivity index (χ3n) is 6.01. The number of hydrogen-bond acceptors (Lipinski definition) is 9. The summed E-state index contributed by atoms with van der Waals surface area (Å²) in [4.78, 5) is 27.4. The number of carbonyl (C=O) groups excluding carboxylic acids is 1.